The van der Waals surface area contributed by atoms with E-state index in [9.17, 15) is 8.42 Å². The molecule has 0 atom stereocenters. The van der Waals surface area contributed by atoms with Crippen molar-refractivity contribution in [3.8, 4) is 0 Å². The van der Waals surface area contributed by atoms with Crippen LogP contribution < -0.4 is 9.44 Å². The summed E-state index contributed by atoms with van der Waals surface area (Å²) in [5.74, 6) is 0.102. The molecule has 0 unspecified atom stereocenters. The summed E-state index contributed by atoms with van der Waals surface area (Å²) in [6.07, 6.45) is 1.35. The topological polar surface area (TPSA) is 93.2 Å². The monoisotopic (exact) mass is 266 g/mol. The molecule has 9 heteroatoms. The number of rotatable bonds is 6. The van der Waals surface area contributed by atoms with Gasteiger partial charge in [-0.15, -0.1) is 0 Å². The van der Waals surface area contributed by atoms with Crippen molar-refractivity contribution in [2.24, 2.45) is 0 Å². The molecule has 0 amide bonds. The fraction of sp³-hybridized carbons (Fsp3) is 0.429. The van der Waals surface area contributed by atoms with Crippen LogP contribution in [0.2, 0.25) is 5.28 Å². The average molecular weight is 267 g/mol. The molecule has 0 saturated heterocycles. The summed E-state index contributed by atoms with van der Waals surface area (Å²) < 4.78 is 32.0. The van der Waals surface area contributed by atoms with E-state index in [4.69, 9.17) is 16.3 Å². The number of hydrogen-bond donors (Lipinski definition) is 2. The largest absolute Gasteiger partial charge is 0.383 e. The van der Waals surface area contributed by atoms with E-state index in [1.807, 2.05) is 0 Å². The van der Waals surface area contributed by atoms with Gasteiger partial charge in [0.25, 0.3) is 10.2 Å². The van der Waals surface area contributed by atoms with Crippen molar-refractivity contribution < 1.29 is 13.2 Å². The average Bonchev–Trinajstić information content (AvgIpc) is 2.17. The number of aromatic nitrogens is 2. The zero-order valence-electron chi connectivity index (χ0n) is 8.47. The Bertz CT molecular complexity index is 439. The normalized spacial score (nSPS) is 11.4. The lowest BCUT2D eigenvalue weighted by Gasteiger charge is -2.07. The Hall–Kier alpha value is -0.960. The van der Waals surface area contributed by atoms with Gasteiger partial charge in [-0.3, -0.25) is 4.72 Å². The second-order valence-electron chi connectivity index (χ2n) is 2.70. The fourth-order valence-corrected chi connectivity index (χ4v) is 1.80. The third kappa shape index (κ3) is 4.71. The van der Waals surface area contributed by atoms with Crippen molar-refractivity contribution in [3.05, 3.63) is 17.5 Å². The molecular formula is C7H11ClN4O3S. The first-order valence-electron chi connectivity index (χ1n) is 4.28. The summed E-state index contributed by atoms with van der Waals surface area (Å²) in [6, 6.07) is 1.39. The van der Waals surface area contributed by atoms with Gasteiger partial charge in [0.1, 0.15) is 5.82 Å². The number of halogens is 1. The van der Waals surface area contributed by atoms with Crippen molar-refractivity contribution in [2.75, 3.05) is 25.0 Å². The molecule has 0 spiro atoms. The van der Waals surface area contributed by atoms with Gasteiger partial charge in [0.05, 0.1) is 6.61 Å². The minimum Gasteiger partial charge on any atom is -0.383 e. The highest BCUT2D eigenvalue weighted by Crippen LogP contribution is 2.06. The molecule has 0 fully saturated rings. The molecule has 1 heterocycles. The predicted octanol–water partition coefficient (Wildman–Crippen LogP) is 0.0227. The van der Waals surface area contributed by atoms with Crippen molar-refractivity contribution in [1.82, 2.24) is 14.7 Å². The van der Waals surface area contributed by atoms with Gasteiger partial charge in [-0.25, -0.2) is 4.98 Å². The zero-order valence-corrected chi connectivity index (χ0v) is 10.0. The van der Waals surface area contributed by atoms with Crippen LogP contribution in [0.15, 0.2) is 12.3 Å². The van der Waals surface area contributed by atoms with Gasteiger partial charge in [0.15, 0.2) is 0 Å². The lowest BCUT2D eigenvalue weighted by molar-refractivity contribution is 0.204. The molecule has 0 aliphatic carbocycles. The molecule has 1 aromatic heterocycles. The quantitative estimate of drug-likeness (QED) is 0.559. The van der Waals surface area contributed by atoms with Gasteiger partial charge in [0.2, 0.25) is 5.28 Å². The SMILES string of the molecule is COCCNS(=O)(=O)Nc1ccnc(Cl)n1. The maximum absolute atomic E-state index is 11.4. The Morgan fingerprint density at radius 1 is 1.56 bits per heavy atom. The first kappa shape index (κ1) is 13.1. The highest BCUT2D eigenvalue weighted by atomic mass is 35.5. The zero-order chi connectivity index (χ0) is 12.0. The summed E-state index contributed by atoms with van der Waals surface area (Å²) in [4.78, 5) is 7.30. The molecule has 0 aliphatic heterocycles. The lowest BCUT2D eigenvalue weighted by atomic mass is 10.6. The van der Waals surface area contributed by atoms with Gasteiger partial charge in [0, 0.05) is 19.9 Å². The number of nitrogens with zero attached hydrogens (tertiary/aromatic N) is 2. The third-order valence-corrected chi connectivity index (χ3v) is 2.71. The molecule has 7 nitrogen and oxygen atoms in total. The first-order chi connectivity index (χ1) is 7.53. The van der Waals surface area contributed by atoms with E-state index in [1.165, 1.54) is 19.4 Å². The lowest BCUT2D eigenvalue weighted by Crippen LogP contribution is -2.32. The van der Waals surface area contributed by atoms with Gasteiger partial charge in [-0.05, 0) is 17.7 Å². The maximum Gasteiger partial charge on any atom is 0.300 e. The van der Waals surface area contributed by atoms with Crippen LogP contribution in [0.5, 0.6) is 0 Å². The maximum atomic E-state index is 11.4. The molecule has 1 aromatic rings. The van der Waals surface area contributed by atoms with Crippen molar-refractivity contribution in [1.29, 1.82) is 0 Å². The van der Waals surface area contributed by atoms with Crippen LogP contribution in [0.1, 0.15) is 0 Å². The highest BCUT2D eigenvalue weighted by molar-refractivity contribution is 7.90. The summed E-state index contributed by atoms with van der Waals surface area (Å²) in [7, 11) is -2.17. The first-order valence-corrected chi connectivity index (χ1v) is 6.14. The van der Waals surface area contributed by atoms with Crippen LogP contribution >= 0.6 is 11.6 Å². The van der Waals surface area contributed by atoms with Crippen LogP contribution in [0.25, 0.3) is 0 Å². The number of nitrogens with one attached hydrogen (secondary N) is 2. The van der Waals surface area contributed by atoms with E-state index in [2.05, 4.69) is 19.4 Å². The van der Waals surface area contributed by atoms with Gasteiger partial charge in [-0.1, -0.05) is 0 Å². The summed E-state index contributed by atoms with van der Waals surface area (Å²) in [6.45, 7) is 0.454. The fourth-order valence-electron chi connectivity index (χ4n) is 0.844. The van der Waals surface area contributed by atoms with E-state index in [-0.39, 0.29) is 24.3 Å². The number of methoxy groups -OCH3 is 1. The molecule has 0 aromatic carbocycles. The van der Waals surface area contributed by atoms with E-state index < -0.39 is 10.2 Å². The van der Waals surface area contributed by atoms with Crippen LogP contribution in [0.4, 0.5) is 5.82 Å². The molecule has 0 bridgehead atoms. The van der Waals surface area contributed by atoms with Crippen LogP contribution in [-0.4, -0.2) is 38.6 Å². The molecular weight excluding hydrogens is 256 g/mol. The summed E-state index contributed by atoms with van der Waals surface area (Å²) >= 11 is 5.50. The smallest absolute Gasteiger partial charge is 0.300 e. The third-order valence-electron chi connectivity index (χ3n) is 1.46. The van der Waals surface area contributed by atoms with Crippen LogP contribution in [0.3, 0.4) is 0 Å². The van der Waals surface area contributed by atoms with E-state index >= 15 is 0 Å². The Balaban J connectivity index is 2.59. The Morgan fingerprint density at radius 3 is 2.94 bits per heavy atom. The van der Waals surface area contributed by atoms with Crippen LogP contribution in [-0.2, 0) is 14.9 Å². The standard InChI is InChI=1S/C7H11ClN4O3S/c1-15-5-4-10-16(13,14)12-6-2-3-9-7(8)11-6/h2-3,10H,4-5H2,1H3,(H,9,11,12). The van der Waals surface area contributed by atoms with Gasteiger partial charge < -0.3 is 4.74 Å². The molecule has 0 radical (unpaired) electrons. The highest BCUT2D eigenvalue weighted by Gasteiger charge is 2.09. The summed E-state index contributed by atoms with van der Waals surface area (Å²) in [5.41, 5.74) is 0. The number of anilines is 1. The molecule has 0 aliphatic rings. The second kappa shape index (κ2) is 5.94. The molecule has 90 valence electrons. The number of ether oxygens (including phenoxy) is 1. The van der Waals surface area contributed by atoms with Gasteiger partial charge >= 0.3 is 0 Å². The van der Waals surface area contributed by atoms with Crippen molar-refractivity contribution in [2.45, 2.75) is 0 Å². The Labute approximate surface area is 98.4 Å². The second-order valence-corrected chi connectivity index (χ2v) is 4.54. The van der Waals surface area contributed by atoms with Crippen molar-refractivity contribution >= 4 is 27.6 Å². The number of hydrogen-bond acceptors (Lipinski definition) is 5. The van der Waals surface area contributed by atoms with Crippen LogP contribution in [0, 0.1) is 0 Å². The minimum atomic E-state index is -3.65. The van der Waals surface area contributed by atoms with E-state index in [0.29, 0.717) is 0 Å². The Morgan fingerprint density at radius 2 is 2.31 bits per heavy atom. The van der Waals surface area contributed by atoms with Gasteiger partial charge in [-0.2, -0.15) is 18.1 Å². The van der Waals surface area contributed by atoms with E-state index in [0.717, 1.165) is 0 Å². The molecule has 16 heavy (non-hydrogen) atoms. The minimum absolute atomic E-state index is 0.0305. The Kier molecular flexibility index (Phi) is 4.87. The van der Waals surface area contributed by atoms with E-state index in [1.54, 1.807) is 0 Å². The molecule has 1 rings (SSSR count). The summed E-state index contributed by atoms with van der Waals surface area (Å²) in [5, 5.41) is -0.0305. The molecule has 0 saturated carbocycles. The predicted molar refractivity (Wildman–Crippen MR) is 59.5 cm³/mol. The van der Waals surface area contributed by atoms with Crippen molar-refractivity contribution in [3.63, 3.8) is 0 Å². The molecule has 2 N–H and O–H groups in total.